The van der Waals surface area contributed by atoms with E-state index in [9.17, 15) is 5.11 Å². The number of halogens is 2. The summed E-state index contributed by atoms with van der Waals surface area (Å²) in [4.78, 5) is 2.45. The van der Waals surface area contributed by atoms with E-state index in [1.54, 1.807) is 0 Å². The Kier molecular flexibility index (Phi) is 13.6. The fraction of sp³-hybridized carbons (Fsp3) is 0.684. The second kappa shape index (κ2) is 13.8. The number of nitrogens with zero attached hydrogens (tertiary/aromatic N) is 1. The topological polar surface area (TPSA) is 44.7 Å². The van der Waals surface area contributed by atoms with E-state index in [0.717, 1.165) is 57.8 Å². The molecule has 6 heteroatoms. The molecule has 0 saturated carbocycles. The van der Waals surface area contributed by atoms with Crippen LogP contribution in [0.25, 0.3) is 0 Å². The van der Waals surface area contributed by atoms with Crippen molar-refractivity contribution in [1.82, 2.24) is 10.2 Å². The lowest BCUT2D eigenvalue weighted by Gasteiger charge is -2.28. The molecule has 0 bridgehead atoms. The predicted octanol–water partition coefficient (Wildman–Crippen LogP) is 3.29. The van der Waals surface area contributed by atoms with Crippen LogP contribution in [-0.4, -0.2) is 55.4 Å². The summed E-state index contributed by atoms with van der Waals surface area (Å²) < 4.78 is 5.38. The van der Waals surface area contributed by atoms with E-state index in [2.05, 4.69) is 24.1 Å². The molecule has 1 aromatic carbocycles. The Labute approximate surface area is 165 Å². The first kappa shape index (κ1) is 24.6. The summed E-state index contributed by atoms with van der Waals surface area (Å²) in [5.41, 5.74) is 0.999. The molecule has 2 N–H and O–H groups in total. The summed E-state index contributed by atoms with van der Waals surface area (Å²) in [6.07, 6.45) is 1.64. The van der Waals surface area contributed by atoms with Gasteiger partial charge in [0.15, 0.2) is 0 Å². The maximum absolute atomic E-state index is 10.7. The molecule has 146 valence electrons. The predicted molar refractivity (Wildman–Crippen MR) is 109 cm³/mol. The minimum Gasteiger partial charge on any atom is -0.387 e. The molecule has 1 aromatic rings. The Bertz CT molecular complexity index is 429. The van der Waals surface area contributed by atoms with E-state index in [4.69, 9.17) is 4.74 Å². The first-order chi connectivity index (χ1) is 11.2. The van der Waals surface area contributed by atoms with Gasteiger partial charge < -0.3 is 15.2 Å². The number of morpholine rings is 1. The smallest absolute Gasteiger partial charge is 0.0943 e. The summed E-state index contributed by atoms with van der Waals surface area (Å²) in [6, 6.07) is 10.1. The molecule has 1 heterocycles. The summed E-state index contributed by atoms with van der Waals surface area (Å²) in [6.45, 7) is 10.3. The van der Waals surface area contributed by atoms with E-state index >= 15 is 0 Å². The first-order valence-electron chi connectivity index (χ1n) is 8.93. The molecule has 1 aliphatic heterocycles. The van der Waals surface area contributed by atoms with Crippen LogP contribution in [0.1, 0.15) is 38.4 Å². The highest BCUT2D eigenvalue weighted by atomic mass is 35.5. The van der Waals surface area contributed by atoms with Gasteiger partial charge in [0.05, 0.1) is 19.3 Å². The Morgan fingerprint density at radius 2 is 1.76 bits per heavy atom. The van der Waals surface area contributed by atoms with Crippen molar-refractivity contribution in [3.05, 3.63) is 35.9 Å². The van der Waals surface area contributed by atoms with E-state index in [1.807, 2.05) is 30.3 Å². The molecule has 1 aliphatic rings. The molecule has 2 rings (SSSR count). The first-order valence-corrected chi connectivity index (χ1v) is 8.93. The average molecular weight is 393 g/mol. The molecule has 0 radical (unpaired) electrons. The monoisotopic (exact) mass is 392 g/mol. The lowest BCUT2D eigenvalue weighted by molar-refractivity contribution is 0.0370. The summed E-state index contributed by atoms with van der Waals surface area (Å²) >= 11 is 0. The third kappa shape index (κ3) is 9.23. The Morgan fingerprint density at radius 1 is 1.12 bits per heavy atom. The van der Waals surface area contributed by atoms with Gasteiger partial charge in [-0.15, -0.1) is 24.8 Å². The number of aliphatic hydroxyl groups is 1. The maximum Gasteiger partial charge on any atom is 0.0943 e. The summed E-state index contributed by atoms with van der Waals surface area (Å²) in [5, 5.41) is 14.3. The molecular formula is C19H34Cl2N2O2. The molecule has 25 heavy (non-hydrogen) atoms. The number of aliphatic hydroxyl groups excluding tert-OH is 1. The third-order valence-electron chi connectivity index (χ3n) is 4.41. The van der Waals surface area contributed by atoms with E-state index in [0.29, 0.717) is 5.92 Å². The largest absolute Gasteiger partial charge is 0.387 e. The van der Waals surface area contributed by atoms with Gasteiger partial charge in [0, 0.05) is 19.1 Å². The van der Waals surface area contributed by atoms with Crippen LogP contribution in [-0.2, 0) is 4.74 Å². The van der Waals surface area contributed by atoms with Crippen LogP contribution in [0.3, 0.4) is 0 Å². The van der Waals surface area contributed by atoms with Gasteiger partial charge in [-0.1, -0.05) is 44.2 Å². The van der Waals surface area contributed by atoms with E-state index in [-0.39, 0.29) is 30.9 Å². The van der Waals surface area contributed by atoms with Gasteiger partial charge in [0.2, 0.25) is 0 Å². The Morgan fingerprint density at radius 3 is 2.36 bits per heavy atom. The fourth-order valence-corrected chi connectivity index (χ4v) is 3.13. The lowest BCUT2D eigenvalue weighted by Crippen LogP contribution is -2.40. The van der Waals surface area contributed by atoms with Gasteiger partial charge in [0.1, 0.15) is 0 Å². The van der Waals surface area contributed by atoms with Crippen LogP contribution in [0.5, 0.6) is 0 Å². The summed E-state index contributed by atoms with van der Waals surface area (Å²) in [5.74, 6) is 0.560. The van der Waals surface area contributed by atoms with Crippen LogP contribution in [0, 0.1) is 5.92 Å². The normalized spacial score (nSPS) is 17.4. The highest BCUT2D eigenvalue weighted by Crippen LogP contribution is 2.21. The zero-order valence-electron chi connectivity index (χ0n) is 15.4. The number of hydrogen-bond donors (Lipinski definition) is 2. The third-order valence-corrected chi connectivity index (χ3v) is 4.41. The molecule has 1 saturated heterocycles. The van der Waals surface area contributed by atoms with Crippen molar-refractivity contribution in [2.45, 2.75) is 38.8 Å². The van der Waals surface area contributed by atoms with Gasteiger partial charge in [0.25, 0.3) is 0 Å². The van der Waals surface area contributed by atoms with Gasteiger partial charge in [-0.25, -0.2) is 0 Å². The van der Waals surface area contributed by atoms with Crippen LogP contribution < -0.4 is 5.32 Å². The van der Waals surface area contributed by atoms with Gasteiger partial charge in [-0.2, -0.15) is 0 Å². The number of ether oxygens (including phenoxy) is 1. The zero-order valence-corrected chi connectivity index (χ0v) is 17.0. The Hall–Kier alpha value is -0.360. The lowest BCUT2D eigenvalue weighted by atomic mass is 9.94. The van der Waals surface area contributed by atoms with Crippen molar-refractivity contribution >= 4 is 24.8 Å². The summed E-state index contributed by atoms with van der Waals surface area (Å²) in [7, 11) is 0. The molecule has 0 spiro atoms. The van der Waals surface area contributed by atoms with Crippen molar-refractivity contribution < 1.29 is 9.84 Å². The molecule has 4 nitrogen and oxygen atoms in total. The quantitative estimate of drug-likeness (QED) is 0.632. The minimum atomic E-state index is -0.443. The zero-order chi connectivity index (χ0) is 16.5. The Balaban J connectivity index is 0.00000288. The van der Waals surface area contributed by atoms with E-state index < -0.39 is 6.10 Å². The SMILES string of the molecule is CC(C)CC(NCCCN1CCOCC1)C(O)c1ccccc1.Cl.Cl. The average Bonchev–Trinajstić information content (AvgIpc) is 2.58. The van der Waals surface area contributed by atoms with Crippen molar-refractivity contribution in [1.29, 1.82) is 0 Å². The molecule has 0 amide bonds. The van der Waals surface area contributed by atoms with Crippen LogP contribution >= 0.6 is 24.8 Å². The molecule has 0 aliphatic carbocycles. The highest BCUT2D eigenvalue weighted by Gasteiger charge is 2.21. The van der Waals surface area contributed by atoms with Gasteiger partial charge in [-0.3, -0.25) is 4.90 Å². The van der Waals surface area contributed by atoms with Crippen LogP contribution in [0.2, 0.25) is 0 Å². The molecule has 2 atom stereocenters. The highest BCUT2D eigenvalue weighted by molar-refractivity contribution is 5.85. The van der Waals surface area contributed by atoms with Crippen molar-refractivity contribution in [3.63, 3.8) is 0 Å². The number of nitrogens with one attached hydrogen (secondary N) is 1. The fourth-order valence-electron chi connectivity index (χ4n) is 3.13. The standard InChI is InChI=1S/C19H32N2O2.2ClH/c1-16(2)15-18(19(22)17-7-4-3-5-8-17)20-9-6-10-21-11-13-23-14-12-21;;/h3-5,7-8,16,18-20,22H,6,9-15H2,1-2H3;2*1H. The second-order valence-electron chi connectivity index (χ2n) is 6.85. The van der Waals surface area contributed by atoms with Gasteiger partial charge >= 0.3 is 0 Å². The van der Waals surface area contributed by atoms with Crippen molar-refractivity contribution in [3.8, 4) is 0 Å². The maximum atomic E-state index is 10.7. The van der Waals surface area contributed by atoms with Crippen molar-refractivity contribution in [2.24, 2.45) is 5.92 Å². The van der Waals surface area contributed by atoms with Crippen LogP contribution in [0.4, 0.5) is 0 Å². The molecule has 1 fully saturated rings. The molecular weight excluding hydrogens is 359 g/mol. The number of rotatable bonds is 9. The molecule has 0 aromatic heterocycles. The van der Waals surface area contributed by atoms with Crippen molar-refractivity contribution in [2.75, 3.05) is 39.4 Å². The van der Waals surface area contributed by atoms with Crippen LogP contribution in [0.15, 0.2) is 30.3 Å². The number of benzene rings is 1. The number of hydrogen-bond acceptors (Lipinski definition) is 4. The van der Waals surface area contributed by atoms with E-state index in [1.165, 1.54) is 0 Å². The minimum absolute atomic E-state index is 0. The molecule has 2 unspecified atom stereocenters. The second-order valence-corrected chi connectivity index (χ2v) is 6.85. The van der Waals surface area contributed by atoms with Gasteiger partial charge in [-0.05, 0) is 37.4 Å².